The monoisotopic (exact) mass is 383 g/mol. The predicted molar refractivity (Wildman–Crippen MR) is 77.4 cm³/mol. The van der Waals surface area contributed by atoms with Crippen LogP contribution >= 0.6 is 27.3 Å². The second-order valence-corrected chi connectivity index (χ2v) is 9.19. The van der Waals surface area contributed by atoms with Crippen LogP contribution in [0, 0.1) is 12.8 Å². The maximum absolute atomic E-state index is 12.5. The van der Waals surface area contributed by atoms with E-state index in [-0.39, 0.29) is 17.4 Å². The average Bonchev–Trinajstić information content (AvgIpc) is 2.96. The van der Waals surface area contributed by atoms with Crippen LogP contribution in [0.1, 0.15) is 5.56 Å². The fourth-order valence-corrected chi connectivity index (χ4v) is 5.81. The van der Waals surface area contributed by atoms with Gasteiger partial charge >= 0.3 is 5.97 Å². The van der Waals surface area contributed by atoms with E-state index in [4.69, 9.17) is 9.84 Å². The lowest BCUT2D eigenvalue weighted by atomic mass is 10.1. The minimum atomic E-state index is -3.71. The molecule has 2 rings (SSSR count). The zero-order valence-corrected chi connectivity index (χ0v) is 14.1. The van der Waals surface area contributed by atoms with Gasteiger partial charge in [0, 0.05) is 7.05 Å². The second kappa shape index (κ2) is 5.72. The summed E-state index contributed by atoms with van der Waals surface area (Å²) >= 11 is 4.41. The molecule has 1 saturated heterocycles. The first-order chi connectivity index (χ1) is 9.25. The zero-order chi connectivity index (χ0) is 15.1. The van der Waals surface area contributed by atoms with Gasteiger partial charge in [0.15, 0.2) is 0 Å². The second-order valence-electron chi connectivity index (χ2n) is 4.59. The number of halogens is 1. The van der Waals surface area contributed by atoms with Crippen LogP contribution in [0.25, 0.3) is 0 Å². The molecule has 0 aliphatic carbocycles. The van der Waals surface area contributed by atoms with Crippen LogP contribution in [0.15, 0.2) is 14.1 Å². The molecule has 0 aromatic carbocycles. The molecule has 2 atom stereocenters. The van der Waals surface area contributed by atoms with Gasteiger partial charge in [0.2, 0.25) is 0 Å². The van der Waals surface area contributed by atoms with Crippen molar-refractivity contribution in [2.45, 2.75) is 17.2 Å². The minimum absolute atomic E-state index is 0.0347. The standard InChI is InChI=1S/C11H14BrNO5S2/c1-6-3-9(19-10(6)12)20(16,17)13(2)8-5-18-4-7(8)11(14)15/h3,7-8H,4-5H2,1-2H3,(H,14,15). The van der Waals surface area contributed by atoms with E-state index in [0.717, 1.165) is 25.0 Å². The Morgan fingerprint density at radius 1 is 1.55 bits per heavy atom. The highest BCUT2D eigenvalue weighted by Gasteiger charge is 2.41. The summed E-state index contributed by atoms with van der Waals surface area (Å²) in [4.78, 5) is 11.1. The maximum atomic E-state index is 12.5. The number of aliphatic carboxylic acids is 1. The quantitative estimate of drug-likeness (QED) is 0.852. The number of nitrogens with zero attached hydrogens (tertiary/aromatic N) is 1. The molecule has 0 radical (unpaired) electrons. The van der Waals surface area contributed by atoms with Gasteiger partial charge in [-0.3, -0.25) is 4.79 Å². The van der Waals surface area contributed by atoms with E-state index in [9.17, 15) is 13.2 Å². The van der Waals surface area contributed by atoms with Crippen molar-refractivity contribution in [2.75, 3.05) is 20.3 Å². The summed E-state index contributed by atoms with van der Waals surface area (Å²) in [5.41, 5.74) is 0.833. The molecular formula is C11H14BrNO5S2. The molecule has 1 aliphatic heterocycles. The Morgan fingerprint density at radius 3 is 2.70 bits per heavy atom. The molecule has 1 aromatic heterocycles. The topological polar surface area (TPSA) is 83.9 Å². The summed E-state index contributed by atoms with van der Waals surface area (Å²) < 4.78 is 32.2. The van der Waals surface area contributed by atoms with Crippen LogP contribution in [-0.2, 0) is 19.6 Å². The van der Waals surface area contributed by atoms with Crippen molar-refractivity contribution >= 4 is 43.3 Å². The molecule has 9 heteroatoms. The number of sulfonamides is 1. The van der Waals surface area contributed by atoms with Crippen LogP contribution < -0.4 is 0 Å². The Balaban J connectivity index is 2.31. The molecule has 2 heterocycles. The van der Waals surface area contributed by atoms with Gasteiger partial charge in [-0.2, -0.15) is 4.31 Å². The third-order valence-electron chi connectivity index (χ3n) is 3.30. The number of thiophene rings is 1. The molecule has 6 nitrogen and oxygen atoms in total. The lowest BCUT2D eigenvalue weighted by molar-refractivity contribution is -0.142. The summed E-state index contributed by atoms with van der Waals surface area (Å²) in [6, 6.07) is 0.894. The first kappa shape index (κ1) is 15.9. The van der Waals surface area contributed by atoms with E-state index < -0.39 is 28.0 Å². The highest BCUT2D eigenvalue weighted by atomic mass is 79.9. The summed E-state index contributed by atoms with van der Waals surface area (Å²) in [6.45, 7) is 1.93. The molecule has 20 heavy (non-hydrogen) atoms. The Morgan fingerprint density at radius 2 is 2.20 bits per heavy atom. The molecule has 1 aliphatic rings. The smallest absolute Gasteiger partial charge is 0.310 e. The lowest BCUT2D eigenvalue weighted by Crippen LogP contribution is -2.43. The number of aryl methyl sites for hydroxylation is 1. The van der Waals surface area contributed by atoms with E-state index in [0.29, 0.717) is 0 Å². The summed E-state index contributed by atoms with van der Waals surface area (Å²) in [5, 5.41) is 9.11. The minimum Gasteiger partial charge on any atom is -0.481 e. The van der Waals surface area contributed by atoms with Gasteiger partial charge in [0.05, 0.1) is 29.0 Å². The Kier molecular flexibility index (Phi) is 4.55. The van der Waals surface area contributed by atoms with Crippen LogP contribution in [-0.4, -0.2) is 50.1 Å². The van der Waals surface area contributed by atoms with Crippen molar-refractivity contribution in [1.82, 2.24) is 4.31 Å². The van der Waals surface area contributed by atoms with Gasteiger partial charge in [-0.1, -0.05) is 0 Å². The molecule has 0 amide bonds. The fourth-order valence-electron chi connectivity index (χ4n) is 2.02. The van der Waals surface area contributed by atoms with Crippen molar-refractivity contribution < 1.29 is 23.1 Å². The summed E-state index contributed by atoms with van der Waals surface area (Å²) in [7, 11) is -2.32. The number of rotatable bonds is 4. The van der Waals surface area contributed by atoms with Crippen LogP contribution in [0.4, 0.5) is 0 Å². The maximum Gasteiger partial charge on any atom is 0.310 e. The van der Waals surface area contributed by atoms with Crippen molar-refractivity contribution in [1.29, 1.82) is 0 Å². The number of likely N-dealkylation sites (N-methyl/N-ethyl adjacent to an activating group) is 1. The van der Waals surface area contributed by atoms with Crippen molar-refractivity contribution in [3.63, 3.8) is 0 Å². The van der Waals surface area contributed by atoms with Gasteiger partial charge in [-0.25, -0.2) is 8.42 Å². The highest BCUT2D eigenvalue weighted by Crippen LogP contribution is 2.33. The number of carboxylic acids is 1. The van der Waals surface area contributed by atoms with E-state index in [1.165, 1.54) is 7.05 Å². The van der Waals surface area contributed by atoms with Gasteiger partial charge in [-0.05, 0) is 34.5 Å². The third kappa shape index (κ3) is 2.77. The molecule has 0 saturated carbocycles. The molecular weight excluding hydrogens is 370 g/mol. The molecule has 0 spiro atoms. The SMILES string of the molecule is Cc1cc(S(=O)(=O)N(C)C2COCC2C(=O)O)sc1Br. The van der Waals surface area contributed by atoms with Crippen molar-refractivity contribution in [3.05, 3.63) is 15.4 Å². The fraction of sp³-hybridized carbons (Fsp3) is 0.545. The van der Waals surface area contributed by atoms with E-state index >= 15 is 0 Å². The van der Waals surface area contributed by atoms with Crippen molar-refractivity contribution in [2.24, 2.45) is 5.92 Å². The number of hydrogen-bond acceptors (Lipinski definition) is 5. The van der Waals surface area contributed by atoms with E-state index in [1.807, 2.05) is 0 Å². The lowest BCUT2D eigenvalue weighted by Gasteiger charge is -2.24. The number of carbonyl (C=O) groups is 1. The zero-order valence-electron chi connectivity index (χ0n) is 10.9. The summed E-state index contributed by atoms with van der Waals surface area (Å²) in [5.74, 6) is -1.88. The largest absolute Gasteiger partial charge is 0.481 e. The Hall–Kier alpha value is -0.480. The first-order valence-electron chi connectivity index (χ1n) is 5.79. The number of carboxylic acid groups (broad SMARTS) is 1. The van der Waals surface area contributed by atoms with Gasteiger partial charge < -0.3 is 9.84 Å². The highest BCUT2D eigenvalue weighted by molar-refractivity contribution is 9.11. The molecule has 1 aromatic rings. The number of hydrogen-bond donors (Lipinski definition) is 1. The van der Waals surface area contributed by atoms with E-state index in [2.05, 4.69) is 15.9 Å². The van der Waals surface area contributed by atoms with Gasteiger partial charge in [-0.15, -0.1) is 11.3 Å². The summed E-state index contributed by atoms with van der Waals surface area (Å²) in [6.07, 6.45) is 0. The van der Waals surface area contributed by atoms with Crippen LogP contribution in [0.5, 0.6) is 0 Å². The third-order valence-corrected chi connectivity index (χ3v) is 7.77. The van der Waals surface area contributed by atoms with Crippen LogP contribution in [0.3, 0.4) is 0 Å². The Bertz CT molecular complexity index is 607. The van der Waals surface area contributed by atoms with E-state index in [1.54, 1.807) is 13.0 Å². The van der Waals surface area contributed by atoms with Gasteiger partial charge in [0.25, 0.3) is 10.0 Å². The normalized spacial score (nSPS) is 23.4. The molecule has 112 valence electrons. The average molecular weight is 384 g/mol. The molecule has 0 bridgehead atoms. The predicted octanol–water partition coefficient (Wildman–Crippen LogP) is 1.54. The molecule has 2 unspecified atom stereocenters. The Labute approximate surface area is 129 Å². The van der Waals surface area contributed by atoms with Crippen LogP contribution in [0.2, 0.25) is 0 Å². The first-order valence-corrected chi connectivity index (χ1v) is 8.84. The number of ether oxygens (including phenoxy) is 1. The molecule has 1 N–H and O–H groups in total. The molecule has 1 fully saturated rings. The van der Waals surface area contributed by atoms with Crippen molar-refractivity contribution in [3.8, 4) is 0 Å². The van der Waals surface area contributed by atoms with Gasteiger partial charge in [0.1, 0.15) is 4.21 Å².